The molecule has 0 fully saturated rings. The molecule has 0 spiro atoms. The molecular weight excluding hydrogens is 138 g/mol. The second-order valence-electron chi connectivity index (χ2n) is 2.67. The number of allylic oxidation sites excluding steroid dienone is 1. The van der Waals surface area contributed by atoms with E-state index in [-0.39, 0.29) is 11.7 Å². The van der Waals surface area contributed by atoms with E-state index in [1.807, 2.05) is 13.8 Å². The molecule has 0 radical (unpaired) electrons. The quantitative estimate of drug-likeness (QED) is 0.587. The second-order valence-corrected chi connectivity index (χ2v) is 2.67. The van der Waals surface area contributed by atoms with Crippen LogP contribution < -0.4 is 5.32 Å². The number of carbonyl (C=O) groups is 1. The number of carbonyl (C=O) groups excluding carboxylic acids is 1. The highest BCUT2D eigenvalue weighted by atomic mass is 16.1. The highest BCUT2D eigenvalue weighted by Crippen LogP contribution is 1.98. The third-order valence-electron chi connectivity index (χ3n) is 1.60. The molecule has 0 aromatic carbocycles. The lowest BCUT2D eigenvalue weighted by molar-refractivity contribution is -0.121. The molecule has 0 aromatic heterocycles. The fraction of sp³-hybridized carbons (Fsp3) is 0.667. The van der Waals surface area contributed by atoms with Gasteiger partial charge >= 0.3 is 0 Å². The van der Waals surface area contributed by atoms with Crippen LogP contribution in [0.15, 0.2) is 12.7 Å². The molecule has 0 aliphatic carbocycles. The van der Waals surface area contributed by atoms with E-state index in [0.717, 1.165) is 13.1 Å². The molecule has 0 aromatic rings. The van der Waals surface area contributed by atoms with Crippen LogP contribution in [0.25, 0.3) is 0 Å². The van der Waals surface area contributed by atoms with Gasteiger partial charge in [-0.25, -0.2) is 0 Å². The van der Waals surface area contributed by atoms with E-state index >= 15 is 0 Å². The standard InChI is InChI=1S/C9H17NO/c1-4-6-9(11)8(3)7-10-5-2/h4,8,10H,1,5-7H2,2-3H3. The van der Waals surface area contributed by atoms with Gasteiger partial charge in [0.25, 0.3) is 0 Å². The first-order chi connectivity index (χ1) is 5.22. The van der Waals surface area contributed by atoms with Gasteiger partial charge in [0.15, 0.2) is 0 Å². The Hall–Kier alpha value is -0.630. The molecule has 2 heteroatoms. The van der Waals surface area contributed by atoms with Crippen LogP contribution in [0.2, 0.25) is 0 Å². The fourth-order valence-electron chi connectivity index (χ4n) is 0.818. The van der Waals surface area contributed by atoms with Crippen molar-refractivity contribution in [2.45, 2.75) is 20.3 Å². The first kappa shape index (κ1) is 10.4. The molecule has 0 saturated heterocycles. The minimum Gasteiger partial charge on any atom is -0.316 e. The summed E-state index contributed by atoms with van der Waals surface area (Å²) in [6.07, 6.45) is 2.15. The number of hydrogen-bond donors (Lipinski definition) is 1. The summed E-state index contributed by atoms with van der Waals surface area (Å²) in [5.41, 5.74) is 0. The van der Waals surface area contributed by atoms with Crippen molar-refractivity contribution in [3.05, 3.63) is 12.7 Å². The Balaban J connectivity index is 3.54. The summed E-state index contributed by atoms with van der Waals surface area (Å²) in [6, 6.07) is 0. The molecule has 0 aliphatic heterocycles. The van der Waals surface area contributed by atoms with Crippen LogP contribution in [0.1, 0.15) is 20.3 Å². The lowest BCUT2D eigenvalue weighted by Crippen LogP contribution is -2.25. The van der Waals surface area contributed by atoms with Crippen LogP contribution in [0, 0.1) is 5.92 Å². The van der Waals surface area contributed by atoms with Crippen molar-refractivity contribution in [2.24, 2.45) is 5.92 Å². The molecule has 1 atom stereocenters. The molecule has 0 rings (SSSR count). The van der Waals surface area contributed by atoms with Gasteiger partial charge in [-0.3, -0.25) is 4.79 Å². The molecule has 1 N–H and O–H groups in total. The Morgan fingerprint density at radius 2 is 2.36 bits per heavy atom. The predicted octanol–water partition coefficient (Wildman–Crippen LogP) is 1.38. The van der Waals surface area contributed by atoms with Gasteiger partial charge < -0.3 is 5.32 Å². The van der Waals surface area contributed by atoms with E-state index in [9.17, 15) is 4.79 Å². The SMILES string of the molecule is C=CCC(=O)C(C)CNCC. The molecule has 1 unspecified atom stereocenters. The Morgan fingerprint density at radius 1 is 1.73 bits per heavy atom. The van der Waals surface area contributed by atoms with Gasteiger partial charge in [-0.05, 0) is 6.54 Å². The zero-order valence-electron chi connectivity index (χ0n) is 7.39. The van der Waals surface area contributed by atoms with Crippen LogP contribution in [0.5, 0.6) is 0 Å². The Labute approximate surface area is 68.7 Å². The van der Waals surface area contributed by atoms with Crippen molar-refractivity contribution >= 4 is 5.78 Å². The van der Waals surface area contributed by atoms with E-state index in [1.54, 1.807) is 6.08 Å². The zero-order valence-corrected chi connectivity index (χ0v) is 7.39. The van der Waals surface area contributed by atoms with E-state index in [1.165, 1.54) is 0 Å². The summed E-state index contributed by atoms with van der Waals surface area (Å²) >= 11 is 0. The molecule has 0 bridgehead atoms. The monoisotopic (exact) mass is 155 g/mol. The molecule has 11 heavy (non-hydrogen) atoms. The summed E-state index contributed by atoms with van der Waals surface area (Å²) in [7, 11) is 0. The Morgan fingerprint density at radius 3 is 2.82 bits per heavy atom. The maximum atomic E-state index is 11.1. The third-order valence-corrected chi connectivity index (χ3v) is 1.60. The Bertz CT molecular complexity index is 132. The second kappa shape index (κ2) is 6.10. The van der Waals surface area contributed by atoms with Gasteiger partial charge in [0, 0.05) is 18.9 Å². The van der Waals surface area contributed by atoms with E-state index in [4.69, 9.17) is 0 Å². The van der Waals surface area contributed by atoms with Gasteiger partial charge in [0.1, 0.15) is 5.78 Å². The largest absolute Gasteiger partial charge is 0.316 e. The van der Waals surface area contributed by atoms with Crippen molar-refractivity contribution in [3.63, 3.8) is 0 Å². The first-order valence-corrected chi connectivity index (χ1v) is 4.06. The summed E-state index contributed by atoms with van der Waals surface area (Å²) in [6.45, 7) is 9.20. The normalized spacial score (nSPS) is 12.5. The average molecular weight is 155 g/mol. The van der Waals surface area contributed by atoms with E-state index in [0.29, 0.717) is 6.42 Å². The molecule has 64 valence electrons. The Kier molecular flexibility index (Phi) is 5.75. The maximum absolute atomic E-state index is 11.1. The highest BCUT2D eigenvalue weighted by molar-refractivity contribution is 5.82. The number of rotatable bonds is 6. The van der Waals surface area contributed by atoms with Gasteiger partial charge in [-0.2, -0.15) is 0 Å². The van der Waals surface area contributed by atoms with E-state index in [2.05, 4.69) is 11.9 Å². The van der Waals surface area contributed by atoms with Crippen molar-refractivity contribution < 1.29 is 4.79 Å². The zero-order chi connectivity index (χ0) is 8.69. The van der Waals surface area contributed by atoms with Crippen molar-refractivity contribution in [3.8, 4) is 0 Å². The van der Waals surface area contributed by atoms with Gasteiger partial charge in [0.05, 0.1) is 0 Å². The fourth-order valence-corrected chi connectivity index (χ4v) is 0.818. The van der Waals surface area contributed by atoms with E-state index < -0.39 is 0 Å². The number of nitrogens with one attached hydrogen (secondary N) is 1. The molecular formula is C9H17NO. The van der Waals surface area contributed by atoms with Gasteiger partial charge in [-0.1, -0.05) is 19.9 Å². The van der Waals surface area contributed by atoms with Crippen LogP contribution in [-0.2, 0) is 4.79 Å². The van der Waals surface area contributed by atoms with Gasteiger partial charge in [0.2, 0.25) is 0 Å². The third kappa shape index (κ3) is 4.73. The summed E-state index contributed by atoms with van der Waals surface area (Å²) < 4.78 is 0. The summed E-state index contributed by atoms with van der Waals surface area (Å²) in [5, 5.41) is 3.13. The predicted molar refractivity (Wildman–Crippen MR) is 47.5 cm³/mol. The molecule has 0 saturated carbocycles. The van der Waals surface area contributed by atoms with Crippen molar-refractivity contribution in [1.29, 1.82) is 0 Å². The van der Waals surface area contributed by atoms with Crippen LogP contribution in [0.3, 0.4) is 0 Å². The maximum Gasteiger partial charge on any atom is 0.140 e. The number of Topliss-reactive ketones (excluding diaryl/α,β-unsaturated/α-hetero) is 1. The van der Waals surface area contributed by atoms with Gasteiger partial charge in [-0.15, -0.1) is 6.58 Å². The summed E-state index contributed by atoms with van der Waals surface area (Å²) in [5.74, 6) is 0.383. The molecule has 0 heterocycles. The van der Waals surface area contributed by atoms with Crippen LogP contribution in [0.4, 0.5) is 0 Å². The first-order valence-electron chi connectivity index (χ1n) is 4.06. The van der Waals surface area contributed by atoms with Crippen molar-refractivity contribution in [2.75, 3.05) is 13.1 Å². The molecule has 0 aliphatic rings. The minimum atomic E-state index is 0.118. The molecule has 0 amide bonds. The van der Waals surface area contributed by atoms with Crippen LogP contribution >= 0.6 is 0 Å². The van der Waals surface area contributed by atoms with Crippen molar-refractivity contribution in [1.82, 2.24) is 5.32 Å². The summed E-state index contributed by atoms with van der Waals surface area (Å²) in [4.78, 5) is 11.1. The average Bonchev–Trinajstić information content (AvgIpc) is 2.00. The smallest absolute Gasteiger partial charge is 0.140 e. The lowest BCUT2D eigenvalue weighted by atomic mass is 10.0. The lowest BCUT2D eigenvalue weighted by Gasteiger charge is -2.08. The number of ketones is 1. The van der Waals surface area contributed by atoms with Crippen LogP contribution in [-0.4, -0.2) is 18.9 Å². The number of hydrogen-bond acceptors (Lipinski definition) is 2. The minimum absolute atomic E-state index is 0.118. The topological polar surface area (TPSA) is 29.1 Å². The molecule has 2 nitrogen and oxygen atoms in total. The highest BCUT2D eigenvalue weighted by Gasteiger charge is 2.09.